The summed E-state index contributed by atoms with van der Waals surface area (Å²) in [5.74, 6) is 0. The summed E-state index contributed by atoms with van der Waals surface area (Å²) in [6.45, 7) is 0.0891. The van der Waals surface area contributed by atoms with Crippen molar-refractivity contribution in [3.8, 4) is 0 Å². The van der Waals surface area contributed by atoms with Gasteiger partial charge in [-0.15, -0.1) is 0 Å². The molecule has 0 amide bonds. The second-order valence-corrected chi connectivity index (χ2v) is 3.66. The lowest BCUT2D eigenvalue weighted by Gasteiger charge is -2.31. The summed E-state index contributed by atoms with van der Waals surface area (Å²) in [5, 5.41) is 27.0. The van der Waals surface area contributed by atoms with E-state index in [0.29, 0.717) is 0 Å². The van der Waals surface area contributed by atoms with Crippen molar-refractivity contribution in [1.29, 1.82) is 0 Å². The van der Waals surface area contributed by atoms with E-state index in [1.807, 2.05) is 22.6 Å². The average Bonchev–Trinajstić information content (AvgIpc) is 1.93. The average molecular weight is 260 g/mol. The van der Waals surface area contributed by atoms with E-state index in [1.54, 1.807) is 0 Å². The fourth-order valence-electron chi connectivity index (χ4n) is 0.773. The predicted octanol–water partition coefficient (Wildman–Crippen LogP) is -1.14. The number of aliphatic hydroxyl groups is 3. The zero-order chi connectivity index (χ0) is 7.72. The van der Waals surface area contributed by atoms with Gasteiger partial charge in [-0.3, -0.25) is 0 Å². The Morgan fingerprint density at radius 3 is 2.40 bits per heavy atom. The van der Waals surface area contributed by atoms with Crippen molar-refractivity contribution in [1.82, 2.24) is 0 Å². The zero-order valence-electron chi connectivity index (χ0n) is 5.14. The zero-order valence-corrected chi connectivity index (χ0v) is 7.30. The molecule has 0 bridgehead atoms. The molecule has 1 aliphatic rings. The molecule has 0 radical (unpaired) electrons. The second kappa shape index (κ2) is 3.31. The smallest absolute Gasteiger partial charge is 0.182 e. The van der Waals surface area contributed by atoms with Crippen LogP contribution < -0.4 is 0 Å². The SMILES string of the molecule is O[C@@H]1[C@H](I)[C@@H](O)CO[C@@H]1O. The highest BCUT2D eigenvalue weighted by molar-refractivity contribution is 14.1. The maximum atomic E-state index is 9.07. The molecule has 0 aromatic rings. The van der Waals surface area contributed by atoms with Crippen LogP contribution >= 0.6 is 22.6 Å². The van der Waals surface area contributed by atoms with Crippen molar-refractivity contribution in [2.24, 2.45) is 0 Å². The number of hydrogen-bond donors (Lipinski definition) is 3. The molecule has 3 N–H and O–H groups in total. The number of alkyl halides is 1. The molecule has 10 heavy (non-hydrogen) atoms. The molecule has 0 spiro atoms. The van der Waals surface area contributed by atoms with E-state index in [4.69, 9.17) is 15.3 Å². The molecule has 4 atom stereocenters. The summed E-state index contributed by atoms with van der Waals surface area (Å²) < 4.78 is 4.28. The van der Waals surface area contributed by atoms with E-state index in [-0.39, 0.29) is 10.5 Å². The highest BCUT2D eigenvalue weighted by Crippen LogP contribution is 2.20. The molecule has 1 heterocycles. The van der Waals surface area contributed by atoms with E-state index in [9.17, 15) is 0 Å². The van der Waals surface area contributed by atoms with Crippen molar-refractivity contribution in [3.63, 3.8) is 0 Å². The van der Waals surface area contributed by atoms with Crippen LogP contribution in [-0.4, -0.2) is 44.3 Å². The van der Waals surface area contributed by atoms with Crippen LogP contribution in [0.5, 0.6) is 0 Å². The Kier molecular flexibility index (Phi) is 2.87. The first-order valence-corrected chi connectivity index (χ1v) is 4.17. The van der Waals surface area contributed by atoms with Crippen LogP contribution in [0.1, 0.15) is 0 Å². The molecule has 0 unspecified atom stereocenters. The fraction of sp³-hybridized carbons (Fsp3) is 1.00. The molecule has 1 fully saturated rings. The van der Waals surface area contributed by atoms with Crippen LogP contribution in [0.25, 0.3) is 0 Å². The van der Waals surface area contributed by atoms with E-state index in [1.165, 1.54) is 0 Å². The van der Waals surface area contributed by atoms with Gasteiger partial charge in [-0.25, -0.2) is 0 Å². The van der Waals surface area contributed by atoms with Crippen LogP contribution in [0.4, 0.5) is 0 Å². The Hall–Kier alpha value is 0.570. The monoisotopic (exact) mass is 260 g/mol. The topological polar surface area (TPSA) is 69.9 Å². The quantitative estimate of drug-likeness (QED) is 0.380. The molecule has 5 heteroatoms. The first-order valence-electron chi connectivity index (χ1n) is 2.93. The van der Waals surface area contributed by atoms with Gasteiger partial charge in [0.25, 0.3) is 0 Å². The molecule has 1 aliphatic heterocycles. The normalized spacial score (nSPS) is 49.2. The third kappa shape index (κ3) is 1.59. The lowest BCUT2D eigenvalue weighted by Crippen LogP contribution is -2.49. The Labute approximate surface area is 72.0 Å². The minimum absolute atomic E-state index is 0.0891. The van der Waals surface area contributed by atoms with Crippen LogP contribution in [-0.2, 0) is 4.74 Å². The fourth-order valence-corrected chi connectivity index (χ4v) is 1.34. The summed E-state index contributed by atoms with van der Waals surface area (Å²) in [6, 6.07) is 0. The lowest BCUT2D eigenvalue weighted by molar-refractivity contribution is -0.205. The van der Waals surface area contributed by atoms with Gasteiger partial charge in [0.2, 0.25) is 0 Å². The van der Waals surface area contributed by atoms with E-state index in [0.717, 1.165) is 0 Å². The van der Waals surface area contributed by atoms with Gasteiger partial charge in [0.15, 0.2) is 6.29 Å². The van der Waals surface area contributed by atoms with Crippen molar-refractivity contribution in [2.75, 3.05) is 6.61 Å². The van der Waals surface area contributed by atoms with Crippen molar-refractivity contribution < 1.29 is 20.1 Å². The Morgan fingerprint density at radius 2 is 1.90 bits per heavy atom. The van der Waals surface area contributed by atoms with Gasteiger partial charge < -0.3 is 20.1 Å². The molecule has 0 aliphatic carbocycles. The lowest BCUT2D eigenvalue weighted by atomic mass is 10.1. The number of ether oxygens (including phenoxy) is 1. The van der Waals surface area contributed by atoms with Gasteiger partial charge >= 0.3 is 0 Å². The largest absolute Gasteiger partial charge is 0.390 e. The molecule has 60 valence electrons. The summed E-state index contributed by atoms with van der Waals surface area (Å²) >= 11 is 1.88. The third-order valence-corrected chi connectivity index (χ3v) is 2.99. The van der Waals surface area contributed by atoms with Crippen molar-refractivity contribution >= 4 is 22.6 Å². The van der Waals surface area contributed by atoms with Gasteiger partial charge in [0.1, 0.15) is 6.10 Å². The highest BCUT2D eigenvalue weighted by atomic mass is 127. The van der Waals surface area contributed by atoms with Crippen molar-refractivity contribution in [2.45, 2.75) is 22.4 Å². The predicted molar refractivity (Wildman–Crippen MR) is 41.8 cm³/mol. The molecule has 0 saturated carbocycles. The summed E-state index contributed by atoms with van der Waals surface area (Å²) in [4.78, 5) is 0. The molecular weight excluding hydrogens is 251 g/mol. The number of rotatable bonds is 0. The Bertz CT molecular complexity index is 106. The third-order valence-electron chi connectivity index (χ3n) is 1.42. The van der Waals surface area contributed by atoms with E-state index in [2.05, 4.69) is 4.74 Å². The Morgan fingerprint density at radius 1 is 1.30 bits per heavy atom. The van der Waals surface area contributed by atoms with Crippen molar-refractivity contribution in [3.05, 3.63) is 0 Å². The molecule has 4 nitrogen and oxygen atoms in total. The number of hydrogen-bond acceptors (Lipinski definition) is 4. The number of halogens is 1. The van der Waals surface area contributed by atoms with Gasteiger partial charge in [-0.2, -0.15) is 0 Å². The summed E-state index contributed by atoms with van der Waals surface area (Å²) in [5.41, 5.74) is 0. The minimum atomic E-state index is -1.15. The summed E-state index contributed by atoms with van der Waals surface area (Å²) in [6.07, 6.45) is -2.81. The standard InChI is InChI=1S/C5H9IO4/c6-3-2(7)1-10-5(9)4(3)8/h2-5,7-9H,1H2/t2-,3+,4+,5-/m0/s1. The molecule has 0 aromatic heterocycles. The molecule has 0 aromatic carbocycles. The summed E-state index contributed by atoms with van der Waals surface area (Å²) in [7, 11) is 0. The van der Waals surface area contributed by atoms with Crippen LogP contribution in [0.3, 0.4) is 0 Å². The molecule has 1 saturated heterocycles. The maximum absolute atomic E-state index is 9.07. The van der Waals surface area contributed by atoms with Gasteiger partial charge in [0, 0.05) is 0 Å². The van der Waals surface area contributed by atoms with E-state index < -0.39 is 18.5 Å². The maximum Gasteiger partial charge on any atom is 0.182 e. The number of aliphatic hydroxyl groups excluding tert-OH is 3. The van der Waals surface area contributed by atoms with Crippen LogP contribution in [0.2, 0.25) is 0 Å². The van der Waals surface area contributed by atoms with Crippen LogP contribution in [0, 0.1) is 0 Å². The second-order valence-electron chi connectivity index (χ2n) is 2.23. The first-order chi connectivity index (χ1) is 4.63. The van der Waals surface area contributed by atoms with Gasteiger partial charge in [0.05, 0.1) is 16.6 Å². The van der Waals surface area contributed by atoms with Crippen LogP contribution in [0.15, 0.2) is 0 Å². The Balaban J connectivity index is 2.52. The first kappa shape index (κ1) is 8.66. The molecular formula is C5H9IO4. The van der Waals surface area contributed by atoms with Gasteiger partial charge in [-0.05, 0) is 0 Å². The van der Waals surface area contributed by atoms with Gasteiger partial charge in [-0.1, -0.05) is 22.6 Å². The minimum Gasteiger partial charge on any atom is -0.390 e. The highest BCUT2D eigenvalue weighted by Gasteiger charge is 2.35. The molecule has 1 rings (SSSR count). The van der Waals surface area contributed by atoms with E-state index >= 15 is 0 Å².